The molecule has 1 unspecified atom stereocenters. The van der Waals surface area contributed by atoms with Crippen molar-refractivity contribution in [3.8, 4) is 0 Å². The van der Waals surface area contributed by atoms with Crippen molar-refractivity contribution in [2.45, 2.75) is 12.3 Å². The molecule has 0 spiro atoms. The van der Waals surface area contributed by atoms with Gasteiger partial charge in [0.1, 0.15) is 11.5 Å². The average Bonchev–Trinajstić information content (AvgIpc) is 2.53. The minimum absolute atomic E-state index is 0.106. The number of hydrogen-bond donors (Lipinski definition) is 2. The molecule has 1 heterocycles. The van der Waals surface area contributed by atoms with Gasteiger partial charge < -0.3 is 11.1 Å². The fraction of sp³-hybridized carbons (Fsp3) is 0.133. The van der Waals surface area contributed by atoms with Crippen molar-refractivity contribution in [3.05, 3.63) is 59.3 Å². The zero-order valence-electron chi connectivity index (χ0n) is 12.0. The van der Waals surface area contributed by atoms with Gasteiger partial charge in [-0.25, -0.2) is 9.37 Å². The molecular formula is C15H11F4N3O2. The molecular weight excluding hydrogens is 330 g/mol. The Hall–Kier alpha value is -2.97. The van der Waals surface area contributed by atoms with Crippen LogP contribution in [0.4, 0.5) is 23.4 Å². The summed E-state index contributed by atoms with van der Waals surface area (Å²) in [5, 5.41) is 2.13. The zero-order chi connectivity index (χ0) is 17.9. The van der Waals surface area contributed by atoms with E-state index < -0.39 is 29.7 Å². The molecule has 2 amide bonds. The van der Waals surface area contributed by atoms with Crippen LogP contribution in [0.25, 0.3) is 0 Å². The van der Waals surface area contributed by atoms with E-state index in [1.54, 1.807) is 0 Å². The Morgan fingerprint density at radius 2 is 1.71 bits per heavy atom. The average molecular weight is 341 g/mol. The summed E-state index contributed by atoms with van der Waals surface area (Å²) in [6, 6.07) is 7.11. The molecule has 0 aliphatic rings. The second-order valence-corrected chi connectivity index (χ2v) is 4.74. The monoisotopic (exact) mass is 341 g/mol. The van der Waals surface area contributed by atoms with E-state index in [4.69, 9.17) is 5.73 Å². The highest BCUT2D eigenvalue weighted by Crippen LogP contribution is 2.30. The summed E-state index contributed by atoms with van der Waals surface area (Å²) in [4.78, 5) is 26.5. The molecule has 2 aromatic rings. The number of carbonyl (C=O) groups excluding carboxylic acids is 2. The van der Waals surface area contributed by atoms with E-state index in [0.29, 0.717) is 12.1 Å². The summed E-state index contributed by atoms with van der Waals surface area (Å²) in [6.45, 7) is 0. The van der Waals surface area contributed by atoms with Gasteiger partial charge in [0, 0.05) is 0 Å². The van der Waals surface area contributed by atoms with Crippen molar-refractivity contribution >= 4 is 17.6 Å². The minimum Gasteiger partial charge on any atom is -0.364 e. The zero-order valence-corrected chi connectivity index (χ0v) is 12.0. The number of aromatic nitrogens is 1. The van der Waals surface area contributed by atoms with Gasteiger partial charge in [-0.2, -0.15) is 13.2 Å². The standard InChI is InChI=1S/C15H11F4N3O2/c16-12(8-4-6-9(7-5-8)15(17,18)19)14(24)22-11-3-1-2-10(21-11)13(20)23/h1-7,12H,(H2,20,23)(H,21,22,24). The van der Waals surface area contributed by atoms with Gasteiger partial charge in [-0.05, 0) is 29.8 Å². The number of primary amides is 1. The van der Waals surface area contributed by atoms with Crippen LogP contribution in [0.3, 0.4) is 0 Å². The number of pyridine rings is 1. The highest BCUT2D eigenvalue weighted by molar-refractivity contribution is 5.95. The summed E-state index contributed by atoms with van der Waals surface area (Å²) in [6.07, 6.45) is -6.75. The molecule has 5 nitrogen and oxygen atoms in total. The van der Waals surface area contributed by atoms with E-state index >= 15 is 0 Å². The fourth-order valence-corrected chi connectivity index (χ4v) is 1.82. The second kappa shape index (κ2) is 6.65. The predicted octanol–water partition coefficient (Wildman–Crippen LogP) is 2.85. The Labute approximate surface area is 133 Å². The lowest BCUT2D eigenvalue weighted by Crippen LogP contribution is -2.20. The molecule has 0 bridgehead atoms. The number of rotatable bonds is 4. The molecule has 1 atom stereocenters. The van der Waals surface area contributed by atoms with Gasteiger partial charge in [0.25, 0.3) is 11.8 Å². The van der Waals surface area contributed by atoms with Crippen molar-refractivity contribution in [2.75, 3.05) is 5.32 Å². The van der Waals surface area contributed by atoms with E-state index in [1.807, 2.05) is 0 Å². The van der Waals surface area contributed by atoms with Crippen molar-refractivity contribution < 1.29 is 27.2 Å². The summed E-state index contributed by atoms with van der Waals surface area (Å²) in [7, 11) is 0. The van der Waals surface area contributed by atoms with Gasteiger partial charge in [0.05, 0.1) is 5.56 Å². The molecule has 24 heavy (non-hydrogen) atoms. The van der Waals surface area contributed by atoms with Gasteiger partial charge in [0.2, 0.25) is 6.17 Å². The Morgan fingerprint density at radius 1 is 1.08 bits per heavy atom. The summed E-state index contributed by atoms with van der Waals surface area (Å²) < 4.78 is 51.4. The second-order valence-electron chi connectivity index (χ2n) is 4.74. The van der Waals surface area contributed by atoms with Crippen molar-refractivity contribution in [1.82, 2.24) is 4.98 Å². The summed E-state index contributed by atoms with van der Waals surface area (Å²) >= 11 is 0. The third kappa shape index (κ3) is 4.06. The smallest absolute Gasteiger partial charge is 0.364 e. The lowest BCUT2D eigenvalue weighted by molar-refractivity contribution is -0.137. The molecule has 0 fully saturated rings. The third-order valence-electron chi connectivity index (χ3n) is 3.01. The van der Waals surface area contributed by atoms with Crippen LogP contribution in [-0.4, -0.2) is 16.8 Å². The maximum absolute atomic E-state index is 14.1. The van der Waals surface area contributed by atoms with E-state index in [1.165, 1.54) is 18.2 Å². The van der Waals surface area contributed by atoms with Crippen LogP contribution < -0.4 is 11.1 Å². The molecule has 0 saturated carbocycles. The molecule has 0 aliphatic carbocycles. The molecule has 0 saturated heterocycles. The van der Waals surface area contributed by atoms with Gasteiger partial charge >= 0.3 is 6.18 Å². The number of alkyl halides is 4. The van der Waals surface area contributed by atoms with Crippen LogP contribution in [0.5, 0.6) is 0 Å². The first kappa shape index (κ1) is 17.4. The topological polar surface area (TPSA) is 85.1 Å². The number of anilines is 1. The number of halogens is 4. The van der Waals surface area contributed by atoms with Gasteiger partial charge in [0.15, 0.2) is 0 Å². The first-order valence-electron chi connectivity index (χ1n) is 6.57. The maximum Gasteiger partial charge on any atom is 0.416 e. The quantitative estimate of drug-likeness (QED) is 0.839. The van der Waals surface area contributed by atoms with Crippen LogP contribution in [0.2, 0.25) is 0 Å². The van der Waals surface area contributed by atoms with Gasteiger partial charge in [-0.3, -0.25) is 9.59 Å². The van der Waals surface area contributed by atoms with Crippen LogP contribution in [-0.2, 0) is 11.0 Å². The molecule has 1 aromatic carbocycles. The first-order valence-corrected chi connectivity index (χ1v) is 6.57. The number of amides is 2. The van der Waals surface area contributed by atoms with E-state index in [0.717, 1.165) is 12.1 Å². The summed E-state index contributed by atoms with van der Waals surface area (Å²) in [5.74, 6) is -2.07. The van der Waals surface area contributed by atoms with Crippen LogP contribution in [0.1, 0.15) is 27.8 Å². The first-order chi connectivity index (χ1) is 11.2. The maximum atomic E-state index is 14.1. The van der Waals surface area contributed by atoms with Crippen molar-refractivity contribution in [3.63, 3.8) is 0 Å². The Balaban J connectivity index is 2.12. The molecule has 9 heteroatoms. The van der Waals surface area contributed by atoms with Crippen LogP contribution in [0.15, 0.2) is 42.5 Å². The van der Waals surface area contributed by atoms with Gasteiger partial charge in [-0.1, -0.05) is 18.2 Å². The molecule has 3 N–H and O–H groups in total. The lowest BCUT2D eigenvalue weighted by atomic mass is 10.1. The minimum atomic E-state index is -4.55. The normalized spacial score (nSPS) is 12.5. The van der Waals surface area contributed by atoms with Crippen LogP contribution in [0, 0.1) is 0 Å². The third-order valence-corrected chi connectivity index (χ3v) is 3.01. The number of carbonyl (C=O) groups is 2. The number of benzene rings is 1. The molecule has 0 radical (unpaired) electrons. The highest BCUT2D eigenvalue weighted by Gasteiger charge is 2.30. The SMILES string of the molecule is NC(=O)c1cccc(NC(=O)C(F)c2ccc(C(F)(F)F)cc2)n1. The van der Waals surface area contributed by atoms with Gasteiger partial charge in [-0.15, -0.1) is 0 Å². The van der Waals surface area contributed by atoms with E-state index in [9.17, 15) is 27.2 Å². The molecule has 126 valence electrons. The Morgan fingerprint density at radius 3 is 2.25 bits per heavy atom. The van der Waals surface area contributed by atoms with E-state index in [2.05, 4.69) is 10.3 Å². The number of nitrogens with two attached hydrogens (primary N) is 1. The molecule has 0 aliphatic heterocycles. The summed E-state index contributed by atoms with van der Waals surface area (Å²) in [5.41, 5.74) is 3.71. The Kier molecular flexibility index (Phi) is 4.82. The predicted molar refractivity (Wildman–Crippen MR) is 76.7 cm³/mol. The highest BCUT2D eigenvalue weighted by atomic mass is 19.4. The number of hydrogen-bond acceptors (Lipinski definition) is 3. The molecule has 2 rings (SSSR count). The Bertz CT molecular complexity index is 760. The number of nitrogens with one attached hydrogen (secondary N) is 1. The fourth-order valence-electron chi connectivity index (χ4n) is 1.82. The largest absolute Gasteiger partial charge is 0.416 e. The van der Waals surface area contributed by atoms with E-state index in [-0.39, 0.29) is 17.1 Å². The lowest BCUT2D eigenvalue weighted by Gasteiger charge is -2.11. The van der Waals surface area contributed by atoms with Crippen molar-refractivity contribution in [1.29, 1.82) is 0 Å². The number of nitrogens with zero attached hydrogens (tertiary/aromatic N) is 1. The molecule has 1 aromatic heterocycles. The van der Waals surface area contributed by atoms with Crippen molar-refractivity contribution in [2.24, 2.45) is 5.73 Å². The van der Waals surface area contributed by atoms with Crippen LogP contribution >= 0.6 is 0 Å².